The van der Waals surface area contributed by atoms with Crippen LogP contribution in [0.2, 0.25) is 0 Å². The first kappa shape index (κ1) is 18.9. The molecule has 0 atom stereocenters. The van der Waals surface area contributed by atoms with Crippen LogP contribution in [0.25, 0.3) is 0 Å². The zero-order valence-corrected chi connectivity index (χ0v) is 16.0. The Morgan fingerprint density at radius 1 is 1.22 bits per heavy atom. The quantitative estimate of drug-likeness (QED) is 0.796. The van der Waals surface area contributed by atoms with Gasteiger partial charge >= 0.3 is 0 Å². The molecule has 1 aromatic carbocycles. The Kier molecular flexibility index (Phi) is 5.44. The van der Waals surface area contributed by atoms with Crippen molar-refractivity contribution in [2.45, 2.75) is 46.6 Å². The van der Waals surface area contributed by atoms with Crippen molar-refractivity contribution in [3.8, 4) is 0 Å². The van der Waals surface area contributed by atoms with Gasteiger partial charge in [-0.2, -0.15) is 0 Å². The van der Waals surface area contributed by atoms with Crippen molar-refractivity contribution < 1.29 is 14.4 Å². The van der Waals surface area contributed by atoms with E-state index in [0.717, 1.165) is 30.6 Å². The van der Waals surface area contributed by atoms with Crippen molar-refractivity contribution >= 4 is 23.3 Å². The first-order valence-electron chi connectivity index (χ1n) is 9.26. The zero-order chi connectivity index (χ0) is 19.6. The van der Waals surface area contributed by atoms with Crippen LogP contribution in [0.1, 0.15) is 63.9 Å². The van der Waals surface area contributed by atoms with Crippen LogP contribution >= 0.6 is 0 Å². The van der Waals surface area contributed by atoms with E-state index in [1.807, 2.05) is 29.2 Å². The predicted molar refractivity (Wildman–Crippen MR) is 104 cm³/mol. The average molecular weight is 367 g/mol. The summed E-state index contributed by atoms with van der Waals surface area (Å²) >= 11 is 0. The Balaban J connectivity index is 1.71. The molecule has 6 heteroatoms. The molecule has 2 amide bonds. The number of amides is 2. The fourth-order valence-electron chi connectivity index (χ4n) is 3.69. The number of aryl methyl sites for hydroxylation is 1. The first-order chi connectivity index (χ1) is 12.9. The van der Waals surface area contributed by atoms with Crippen LogP contribution in [-0.4, -0.2) is 29.1 Å². The SMILES string of the molecule is CC(=O)c1c(C)[nH]c(C(=O)NCc2cccc(N3CCCCC3=O)c2)c1C. The van der Waals surface area contributed by atoms with Gasteiger partial charge in [-0.25, -0.2) is 0 Å². The number of carbonyl (C=O) groups excluding carboxylic acids is 3. The highest BCUT2D eigenvalue weighted by Crippen LogP contribution is 2.22. The number of nitrogens with one attached hydrogen (secondary N) is 2. The normalized spacial score (nSPS) is 14.3. The molecule has 1 fully saturated rings. The van der Waals surface area contributed by atoms with Crippen molar-refractivity contribution in [3.05, 3.63) is 52.3 Å². The number of rotatable bonds is 5. The lowest BCUT2D eigenvalue weighted by Crippen LogP contribution is -2.35. The van der Waals surface area contributed by atoms with Gasteiger partial charge in [-0.3, -0.25) is 14.4 Å². The third-order valence-corrected chi connectivity index (χ3v) is 5.02. The number of nitrogens with zero attached hydrogens (tertiary/aromatic N) is 1. The number of ketones is 1. The van der Waals surface area contributed by atoms with E-state index in [4.69, 9.17) is 0 Å². The highest BCUT2D eigenvalue weighted by Gasteiger charge is 2.21. The molecule has 0 radical (unpaired) electrons. The minimum absolute atomic E-state index is 0.0563. The molecule has 1 aromatic heterocycles. The van der Waals surface area contributed by atoms with E-state index in [1.54, 1.807) is 13.8 Å². The minimum Gasteiger partial charge on any atom is -0.354 e. The number of hydrogen-bond donors (Lipinski definition) is 2. The molecule has 1 aliphatic rings. The van der Waals surface area contributed by atoms with Gasteiger partial charge in [-0.1, -0.05) is 12.1 Å². The predicted octanol–water partition coefficient (Wildman–Crippen LogP) is 3.28. The monoisotopic (exact) mass is 367 g/mol. The van der Waals surface area contributed by atoms with Crippen LogP contribution in [0.3, 0.4) is 0 Å². The molecule has 2 aromatic rings. The molecule has 142 valence electrons. The highest BCUT2D eigenvalue weighted by atomic mass is 16.2. The molecule has 27 heavy (non-hydrogen) atoms. The van der Waals surface area contributed by atoms with Gasteiger partial charge in [0.25, 0.3) is 5.91 Å². The lowest BCUT2D eigenvalue weighted by Gasteiger charge is -2.27. The van der Waals surface area contributed by atoms with Crippen LogP contribution in [0.4, 0.5) is 5.69 Å². The maximum absolute atomic E-state index is 12.5. The van der Waals surface area contributed by atoms with E-state index in [1.165, 1.54) is 6.92 Å². The Morgan fingerprint density at radius 2 is 2.00 bits per heavy atom. The standard InChI is InChI=1S/C21H25N3O3/c1-13-19(15(3)25)14(2)23-20(13)21(27)22-12-16-7-6-8-17(11-16)24-10-5-4-9-18(24)26/h6-8,11,23H,4-5,9-10,12H2,1-3H3,(H,22,27). The van der Waals surface area contributed by atoms with Crippen molar-refractivity contribution in [1.29, 1.82) is 0 Å². The van der Waals surface area contributed by atoms with E-state index in [-0.39, 0.29) is 17.6 Å². The second kappa shape index (κ2) is 7.78. The fourth-order valence-corrected chi connectivity index (χ4v) is 3.69. The van der Waals surface area contributed by atoms with Gasteiger partial charge in [0.15, 0.2) is 5.78 Å². The van der Waals surface area contributed by atoms with E-state index in [9.17, 15) is 14.4 Å². The second-order valence-corrected chi connectivity index (χ2v) is 7.04. The molecule has 0 bridgehead atoms. The molecular formula is C21H25N3O3. The Bertz CT molecular complexity index is 898. The molecule has 1 saturated heterocycles. The third kappa shape index (κ3) is 3.94. The number of Topliss-reactive ketones (excluding diaryl/α,β-unsaturated/α-hetero) is 1. The zero-order valence-electron chi connectivity index (χ0n) is 16.0. The Labute approximate surface area is 159 Å². The van der Waals surface area contributed by atoms with Crippen LogP contribution in [0.5, 0.6) is 0 Å². The van der Waals surface area contributed by atoms with E-state index in [0.29, 0.717) is 35.5 Å². The number of carbonyl (C=O) groups is 3. The number of aromatic nitrogens is 1. The van der Waals surface area contributed by atoms with Gasteiger partial charge < -0.3 is 15.2 Å². The maximum atomic E-state index is 12.5. The summed E-state index contributed by atoms with van der Waals surface area (Å²) in [5, 5.41) is 2.89. The number of aromatic amines is 1. The summed E-state index contributed by atoms with van der Waals surface area (Å²) < 4.78 is 0. The lowest BCUT2D eigenvalue weighted by molar-refractivity contribution is -0.119. The van der Waals surface area contributed by atoms with E-state index >= 15 is 0 Å². The largest absolute Gasteiger partial charge is 0.354 e. The highest BCUT2D eigenvalue weighted by molar-refractivity contribution is 6.02. The van der Waals surface area contributed by atoms with Gasteiger partial charge in [-0.05, 0) is 56.9 Å². The molecule has 0 aliphatic carbocycles. The molecule has 0 saturated carbocycles. The molecule has 2 heterocycles. The van der Waals surface area contributed by atoms with Crippen LogP contribution in [-0.2, 0) is 11.3 Å². The number of anilines is 1. The molecule has 0 spiro atoms. The molecule has 1 aliphatic heterocycles. The summed E-state index contributed by atoms with van der Waals surface area (Å²) in [6, 6.07) is 7.69. The van der Waals surface area contributed by atoms with E-state index in [2.05, 4.69) is 10.3 Å². The van der Waals surface area contributed by atoms with Gasteiger partial charge in [-0.15, -0.1) is 0 Å². The molecule has 0 unspecified atom stereocenters. The summed E-state index contributed by atoms with van der Waals surface area (Å²) in [6.45, 7) is 6.15. The van der Waals surface area contributed by atoms with Crippen LogP contribution in [0.15, 0.2) is 24.3 Å². The molecule has 3 rings (SSSR count). The summed E-state index contributed by atoms with van der Waals surface area (Å²) in [4.78, 5) is 41.2. The lowest BCUT2D eigenvalue weighted by atomic mass is 10.1. The number of benzene rings is 1. The van der Waals surface area contributed by atoms with Crippen molar-refractivity contribution in [2.24, 2.45) is 0 Å². The third-order valence-electron chi connectivity index (χ3n) is 5.02. The second-order valence-electron chi connectivity index (χ2n) is 7.04. The average Bonchev–Trinajstić information content (AvgIpc) is 2.95. The van der Waals surface area contributed by atoms with Crippen LogP contribution in [0, 0.1) is 13.8 Å². The smallest absolute Gasteiger partial charge is 0.268 e. The van der Waals surface area contributed by atoms with Crippen molar-refractivity contribution in [2.75, 3.05) is 11.4 Å². The van der Waals surface area contributed by atoms with Gasteiger partial charge in [0.2, 0.25) is 5.91 Å². The number of hydrogen-bond acceptors (Lipinski definition) is 3. The number of H-pyrrole nitrogens is 1. The fraction of sp³-hybridized carbons (Fsp3) is 0.381. The number of piperidine rings is 1. The minimum atomic E-state index is -0.248. The molecule has 2 N–H and O–H groups in total. The summed E-state index contributed by atoms with van der Waals surface area (Å²) in [5.74, 6) is -0.154. The summed E-state index contributed by atoms with van der Waals surface area (Å²) in [7, 11) is 0. The van der Waals surface area contributed by atoms with Gasteiger partial charge in [0.05, 0.1) is 0 Å². The summed E-state index contributed by atoms with van der Waals surface area (Å²) in [5.41, 5.74) is 4.16. The van der Waals surface area contributed by atoms with Gasteiger partial charge in [0, 0.05) is 36.5 Å². The Morgan fingerprint density at radius 3 is 2.67 bits per heavy atom. The van der Waals surface area contributed by atoms with Crippen molar-refractivity contribution in [1.82, 2.24) is 10.3 Å². The molecular weight excluding hydrogens is 342 g/mol. The van der Waals surface area contributed by atoms with Gasteiger partial charge in [0.1, 0.15) is 5.69 Å². The van der Waals surface area contributed by atoms with Crippen molar-refractivity contribution in [3.63, 3.8) is 0 Å². The Hall–Kier alpha value is -2.89. The summed E-state index contributed by atoms with van der Waals surface area (Å²) in [6.07, 6.45) is 2.55. The molecule has 6 nitrogen and oxygen atoms in total. The van der Waals surface area contributed by atoms with Crippen LogP contribution < -0.4 is 10.2 Å². The maximum Gasteiger partial charge on any atom is 0.268 e. The van der Waals surface area contributed by atoms with E-state index < -0.39 is 0 Å². The first-order valence-corrected chi connectivity index (χ1v) is 9.26. The topological polar surface area (TPSA) is 82.3 Å².